The number of allylic oxidation sites excluding steroid dienone is 1. The molecule has 0 aromatic heterocycles. The van der Waals surface area contributed by atoms with Crippen molar-refractivity contribution in [3.8, 4) is 0 Å². The molecule has 0 spiro atoms. The van der Waals surface area contributed by atoms with Gasteiger partial charge in [0, 0.05) is 10.4 Å². The van der Waals surface area contributed by atoms with Gasteiger partial charge in [-0.2, -0.15) is 0 Å². The van der Waals surface area contributed by atoms with Crippen LogP contribution in [0.1, 0.15) is 28.2 Å². The minimum Gasteiger partial charge on any atom is -0.0720 e. The van der Waals surface area contributed by atoms with Gasteiger partial charge in [-0.1, -0.05) is 64.5 Å². The maximum Gasteiger partial charge on any atom is 0.0279 e. The Morgan fingerprint density at radius 2 is 1.82 bits per heavy atom. The lowest BCUT2D eigenvalue weighted by molar-refractivity contribution is 1.05. The van der Waals surface area contributed by atoms with Crippen LogP contribution in [0.5, 0.6) is 0 Å². The molecule has 1 aliphatic rings. The molecule has 0 N–H and O–H groups in total. The van der Waals surface area contributed by atoms with E-state index in [4.69, 9.17) is 0 Å². The minimum absolute atomic E-state index is 0.406. The van der Waals surface area contributed by atoms with Crippen molar-refractivity contribution in [2.45, 2.75) is 12.8 Å². The summed E-state index contributed by atoms with van der Waals surface area (Å²) in [6.45, 7) is 2.13. The molecule has 1 unspecified atom stereocenters. The highest BCUT2D eigenvalue weighted by Crippen LogP contribution is 2.37. The van der Waals surface area contributed by atoms with Crippen molar-refractivity contribution in [3.63, 3.8) is 0 Å². The summed E-state index contributed by atoms with van der Waals surface area (Å²) in [6.07, 6.45) is 4.51. The number of hydrogen-bond acceptors (Lipinski definition) is 0. The minimum atomic E-state index is 0.406. The number of fused-ring (bicyclic) bond motifs is 1. The van der Waals surface area contributed by atoms with E-state index in [1.807, 2.05) is 0 Å². The van der Waals surface area contributed by atoms with E-state index in [1.165, 1.54) is 26.7 Å². The highest BCUT2D eigenvalue weighted by atomic mass is 79.9. The zero-order valence-electron chi connectivity index (χ0n) is 9.65. The highest BCUT2D eigenvalue weighted by molar-refractivity contribution is 9.10. The van der Waals surface area contributed by atoms with Crippen LogP contribution in [0, 0.1) is 6.92 Å². The molecular weight excluding hydrogens is 272 g/mol. The van der Waals surface area contributed by atoms with Crippen molar-refractivity contribution in [1.29, 1.82) is 0 Å². The van der Waals surface area contributed by atoms with Crippen LogP contribution in [-0.4, -0.2) is 0 Å². The number of benzene rings is 2. The van der Waals surface area contributed by atoms with Crippen LogP contribution < -0.4 is 0 Å². The maximum atomic E-state index is 3.62. The lowest BCUT2D eigenvalue weighted by Gasteiger charge is -2.12. The van der Waals surface area contributed by atoms with E-state index in [0.717, 1.165) is 0 Å². The topological polar surface area (TPSA) is 0 Å². The van der Waals surface area contributed by atoms with Gasteiger partial charge in [-0.25, -0.2) is 0 Å². The third-order valence-corrected chi connectivity index (χ3v) is 4.18. The standard InChI is InChI=1S/C16H13Br/c1-11-9-13-7-8-14(15(13)10-16(11)17)12-5-3-2-4-6-12/h2-10,14H,1H3. The van der Waals surface area contributed by atoms with Gasteiger partial charge in [0.15, 0.2) is 0 Å². The van der Waals surface area contributed by atoms with Crippen molar-refractivity contribution in [2.75, 3.05) is 0 Å². The molecule has 17 heavy (non-hydrogen) atoms. The Balaban J connectivity index is 2.11. The van der Waals surface area contributed by atoms with E-state index in [2.05, 4.69) is 77.5 Å². The highest BCUT2D eigenvalue weighted by Gasteiger charge is 2.19. The summed E-state index contributed by atoms with van der Waals surface area (Å²) >= 11 is 3.62. The fourth-order valence-electron chi connectivity index (χ4n) is 2.39. The second kappa shape index (κ2) is 4.15. The van der Waals surface area contributed by atoms with Crippen LogP contribution in [0.15, 0.2) is 53.0 Å². The first kappa shape index (κ1) is 10.8. The molecule has 0 saturated carbocycles. The normalized spacial score (nSPS) is 17.2. The van der Waals surface area contributed by atoms with E-state index in [9.17, 15) is 0 Å². The zero-order valence-corrected chi connectivity index (χ0v) is 11.2. The maximum absolute atomic E-state index is 3.62. The summed E-state index contributed by atoms with van der Waals surface area (Å²) in [4.78, 5) is 0. The summed E-state index contributed by atoms with van der Waals surface area (Å²) in [6, 6.07) is 15.2. The first-order valence-corrected chi connectivity index (χ1v) is 6.58. The van der Waals surface area contributed by atoms with Crippen molar-refractivity contribution in [2.24, 2.45) is 0 Å². The van der Waals surface area contributed by atoms with Crippen LogP contribution >= 0.6 is 15.9 Å². The third-order valence-electron chi connectivity index (χ3n) is 3.33. The predicted molar refractivity (Wildman–Crippen MR) is 76.2 cm³/mol. The number of rotatable bonds is 1. The van der Waals surface area contributed by atoms with Gasteiger partial charge in [0.05, 0.1) is 0 Å². The zero-order chi connectivity index (χ0) is 11.8. The second-order valence-corrected chi connectivity index (χ2v) is 5.33. The summed E-state index contributed by atoms with van der Waals surface area (Å²) in [5.74, 6) is 0.406. The molecule has 0 saturated heterocycles. The Morgan fingerprint density at radius 1 is 1.06 bits per heavy atom. The van der Waals surface area contributed by atoms with Gasteiger partial charge >= 0.3 is 0 Å². The number of halogens is 1. The van der Waals surface area contributed by atoms with Gasteiger partial charge in [0.2, 0.25) is 0 Å². The monoisotopic (exact) mass is 284 g/mol. The molecular formula is C16H13Br. The van der Waals surface area contributed by atoms with Gasteiger partial charge < -0.3 is 0 Å². The van der Waals surface area contributed by atoms with Crippen LogP contribution in [-0.2, 0) is 0 Å². The Kier molecular flexibility index (Phi) is 2.64. The van der Waals surface area contributed by atoms with Crippen molar-refractivity contribution in [1.82, 2.24) is 0 Å². The summed E-state index contributed by atoms with van der Waals surface area (Å²) in [7, 11) is 0. The molecule has 0 nitrogen and oxygen atoms in total. The molecule has 0 amide bonds. The van der Waals surface area contributed by atoms with Crippen molar-refractivity contribution < 1.29 is 0 Å². The molecule has 1 atom stereocenters. The van der Waals surface area contributed by atoms with Crippen LogP contribution in [0.25, 0.3) is 6.08 Å². The lowest BCUT2D eigenvalue weighted by Crippen LogP contribution is -1.96. The van der Waals surface area contributed by atoms with Crippen LogP contribution in [0.3, 0.4) is 0 Å². The number of hydrogen-bond donors (Lipinski definition) is 0. The van der Waals surface area contributed by atoms with Gasteiger partial charge in [-0.3, -0.25) is 0 Å². The largest absolute Gasteiger partial charge is 0.0720 e. The first-order valence-electron chi connectivity index (χ1n) is 5.79. The van der Waals surface area contributed by atoms with Crippen molar-refractivity contribution in [3.05, 3.63) is 75.3 Å². The average molecular weight is 285 g/mol. The van der Waals surface area contributed by atoms with E-state index in [-0.39, 0.29) is 0 Å². The molecule has 2 aromatic carbocycles. The first-order chi connectivity index (χ1) is 8.25. The molecule has 2 aromatic rings. The Bertz CT molecular complexity index is 582. The molecule has 84 valence electrons. The smallest absolute Gasteiger partial charge is 0.0279 e. The average Bonchev–Trinajstić information content (AvgIpc) is 2.74. The SMILES string of the molecule is Cc1cc2c(cc1Br)C(c1ccccc1)C=C2. The fraction of sp³-hybridized carbons (Fsp3) is 0.125. The molecule has 0 bridgehead atoms. The van der Waals surface area contributed by atoms with E-state index in [1.54, 1.807) is 0 Å². The predicted octanol–water partition coefficient (Wildman–Crippen LogP) is 4.92. The van der Waals surface area contributed by atoms with Crippen LogP contribution in [0.2, 0.25) is 0 Å². The Morgan fingerprint density at radius 3 is 2.59 bits per heavy atom. The van der Waals surface area contributed by atoms with Gasteiger partial charge in [-0.15, -0.1) is 0 Å². The molecule has 3 rings (SSSR count). The molecule has 0 heterocycles. The summed E-state index contributed by atoms with van der Waals surface area (Å²) in [5, 5.41) is 0. The van der Waals surface area contributed by atoms with Crippen molar-refractivity contribution >= 4 is 22.0 Å². The summed E-state index contributed by atoms with van der Waals surface area (Å²) in [5.41, 5.74) is 5.40. The fourth-order valence-corrected chi connectivity index (χ4v) is 2.75. The van der Waals surface area contributed by atoms with Gasteiger partial charge in [0.1, 0.15) is 0 Å². The second-order valence-electron chi connectivity index (χ2n) is 4.48. The molecule has 0 radical (unpaired) electrons. The van der Waals surface area contributed by atoms with E-state index < -0.39 is 0 Å². The Hall–Kier alpha value is -1.34. The summed E-state index contributed by atoms with van der Waals surface area (Å²) < 4.78 is 1.20. The molecule has 0 fully saturated rings. The van der Waals surface area contributed by atoms with Gasteiger partial charge in [0.25, 0.3) is 0 Å². The molecule has 0 aliphatic heterocycles. The van der Waals surface area contributed by atoms with Crippen LogP contribution in [0.4, 0.5) is 0 Å². The molecule has 1 heteroatoms. The Labute approximate surface area is 110 Å². The quantitative estimate of drug-likeness (QED) is 0.698. The molecule has 1 aliphatic carbocycles. The van der Waals surface area contributed by atoms with E-state index in [0.29, 0.717) is 5.92 Å². The third kappa shape index (κ3) is 1.85. The van der Waals surface area contributed by atoms with Gasteiger partial charge in [-0.05, 0) is 35.2 Å². The van der Waals surface area contributed by atoms with E-state index >= 15 is 0 Å². The number of aryl methyl sites for hydroxylation is 1. The lowest BCUT2D eigenvalue weighted by atomic mass is 9.92.